The van der Waals surface area contributed by atoms with Crippen LogP contribution in [0.25, 0.3) is 10.4 Å². The van der Waals surface area contributed by atoms with Crippen molar-refractivity contribution in [3.63, 3.8) is 0 Å². The molecule has 2 rings (SSSR count). The molecule has 4 heteroatoms. The van der Waals surface area contributed by atoms with Crippen molar-refractivity contribution in [2.45, 2.75) is 26.4 Å². The van der Waals surface area contributed by atoms with Crippen LogP contribution in [0.2, 0.25) is 5.02 Å². The maximum atomic E-state index is 13.4. The third-order valence-electron chi connectivity index (χ3n) is 2.55. The first kappa shape index (κ1) is 13.5. The van der Waals surface area contributed by atoms with Crippen molar-refractivity contribution in [1.82, 2.24) is 5.32 Å². The molecule has 2 aromatic rings. The third kappa shape index (κ3) is 3.31. The SMILES string of the molecule is CC(C)NCc1ccc(-c2ccc(Cl)c(F)c2)s1. The maximum Gasteiger partial charge on any atom is 0.142 e. The fraction of sp³-hybridized carbons (Fsp3) is 0.286. The topological polar surface area (TPSA) is 12.0 Å². The summed E-state index contributed by atoms with van der Waals surface area (Å²) in [5.74, 6) is -0.371. The van der Waals surface area contributed by atoms with Crippen LogP contribution in [-0.4, -0.2) is 6.04 Å². The largest absolute Gasteiger partial charge is 0.310 e. The van der Waals surface area contributed by atoms with E-state index in [1.807, 2.05) is 12.1 Å². The van der Waals surface area contributed by atoms with Gasteiger partial charge < -0.3 is 5.32 Å². The Morgan fingerprint density at radius 3 is 2.72 bits per heavy atom. The van der Waals surface area contributed by atoms with Crippen LogP contribution in [-0.2, 0) is 6.54 Å². The van der Waals surface area contributed by atoms with E-state index in [0.717, 1.165) is 17.0 Å². The molecule has 0 unspecified atom stereocenters. The highest BCUT2D eigenvalue weighted by Gasteiger charge is 2.06. The summed E-state index contributed by atoms with van der Waals surface area (Å²) in [4.78, 5) is 2.31. The Balaban J connectivity index is 2.16. The lowest BCUT2D eigenvalue weighted by Gasteiger charge is -2.05. The second-order valence-electron chi connectivity index (χ2n) is 4.43. The van der Waals surface area contributed by atoms with E-state index in [4.69, 9.17) is 11.6 Å². The van der Waals surface area contributed by atoms with Crippen molar-refractivity contribution >= 4 is 22.9 Å². The van der Waals surface area contributed by atoms with Crippen molar-refractivity contribution in [3.8, 4) is 10.4 Å². The number of halogens is 2. The minimum atomic E-state index is -0.371. The van der Waals surface area contributed by atoms with E-state index in [1.165, 1.54) is 10.9 Å². The predicted octanol–water partition coefficient (Wildman–Crippen LogP) is 4.71. The molecule has 96 valence electrons. The third-order valence-corrected chi connectivity index (χ3v) is 3.99. The van der Waals surface area contributed by atoms with Gasteiger partial charge in [0, 0.05) is 22.3 Å². The molecule has 18 heavy (non-hydrogen) atoms. The Bertz CT molecular complexity index is 536. The summed E-state index contributed by atoms with van der Waals surface area (Å²) in [6.45, 7) is 5.07. The molecule has 0 spiro atoms. The lowest BCUT2D eigenvalue weighted by molar-refractivity contribution is 0.593. The molecular weight excluding hydrogens is 269 g/mol. The van der Waals surface area contributed by atoms with Crippen LogP contribution in [0.5, 0.6) is 0 Å². The summed E-state index contributed by atoms with van der Waals surface area (Å²) in [6.07, 6.45) is 0. The van der Waals surface area contributed by atoms with Crippen LogP contribution in [0, 0.1) is 5.82 Å². The van der Waals surface area contributed by atoms with Gasteiger partial charge in [-0.1, -0.05) is 31.5 Å². The van der Waals surface area contributed by atoms with Gasteiger partial charge in [0.2, 0.25) is 0 Å². The quantitative estimate of drug-likeness (QED) is 0.857. The minimum Gasteiger partial charge on any atom is -0.310 e. The standard InChI is InChI=1S/C14H15ClFNS/c1-9(2)17-8-11-4-6-14(18-11)10-3-5-12(15)13(16)7-10/h3-7,9,17H,8H2,1-2H3. The first-order valence-electron chi connectivity index (χ1n) is 5.84. The zero-order chi connectivity index (χ0) is 13.1. The van der Waals surface area contributed by atoms with Crippen molar-refractivity contribution in [2.75, 3.05) is 0 Å². The average molecular weight is 284 g/mol. The molecule has 0 aliphatic rings. The van der Waals surface area contributed by atoms with E-state index < -0.39 is 0 Å². The van der Waals surface area contributed by atoms with Crippen molar-refractivity contribution in [2.24, 2.45) is 0 Å². The van der Waals surface area contributed by atoms with E-state index in [0.29, 0.717) is 6.04 Å². The van der Waals surface area contributed by atoms with Crippen LogP contribution in [0.1, 0.15) is 18.7 Å². The van der Waals surface area contributed by atoms with Gasteiger partial charge in [0.05, 0.1) is 5.02 Å². The Morgan fingerprint density at radius 1 is 1.28 bits per heavy atom. The van der Waals surface area contributed by atoms with Crippen molar-refractivity contribution in [1.29, 1.82) is 0 Å². The van der Waals surface area contributed by atoms with Crippen LogP contribution in [0.15, 0.2) is 30.3 Å². The number of rotatable bonds is 4. The summed E-state index contributed by atoms with van der Waals surface area (Å²) in [5, 5.41) is 3.53. The summed E-state index contributed by atoms with van der Waals surface area (Å²) >= 11 is 7.35. The molecule has 1 heterocycles. The number of benzene rings is 1. The Morgan fingerprint density at radius 2 is 2.06 bits per heavy atom. The zero-order valence-corrected chi connectivity index (χ0v) is 11.9. The number of thiophene rings is 1. The first-order valence-corrected chi connectivity index (χ1v) is 7.03. The number of hydrogen-bond donors (Lipinski definition) is 1. The van der Waals surface area contributed by atoms with Gasteiger partial charge in [-0.25, -0.2) is 4.39 Å². The zero-order valence-electron chi connectivity index (χ0n) is 10.3. The predicted molar refractivity (Wildman–Crippen MR) is 76.7 cm³/mol. The minimum absolute atomic E-state index is 0.164. The molecule has 0 radical (unpaired) electrons. The lowest BCUT2D eigenvalue weighted by Crippen LogP contribution is -2.21. The van der Waals surface area contributed by atoms with Gasteiger partial charge in [0.15, 0.2) is 0 Å². The normalized spacial score (nSPS) is 11.2. The van der Waals surface area contributed by atoms with Crippen LogP contribution in [0.3, 0.4) is 0 Å². The molecule has 1 aromatic carbocycles. The van der Waals surface area contributed by atoms with E-state index in [9.17, 15) is 4.39 Å². The fourth-order valence-corrected chi connectivity index (χ4v) is 2.65. The molecule has 0 aliphatic heterocycles. The monoisotopic (exact) mass is 283 g/mol. The van der Waals surface area contributed by atoms with E-state index in [1.54, 1.807) is 17.4 Å². The summed E-state index contributed by atoms with van der Waals surface area (Å²) in [5.41, 5.74) is 0.873. The number of nitrogens with one attached hydrogen (secondary N) is 1. The first-order chi connectivity index (χ1) is 8.56. The van der Waals surface area contributed by atoms with Gasteiger partial charge in [-0.15, -0.1) is 11.3 Å². The Labute approximate surface area is 116 Å². The molecule has 0 saturated heterocycles. The molecule has 1 nitrogen and oxygen atoms in total. The van der Waals surface area contributed by atoms with Crippen molar-refractivity contribution in [3.05, 3.63) is 46.0 Å². The van der Waals surface area contributed by atoms with Gasteiger partial charge in [0.1, 0.15) is 5.82 Å². The fourth-order valence-electron chi connectivity index (χ4n) is 1.58. The highest BCUT2D eigenvalue weighted by atomic mass is 35.5. The average Bonchev–Trinajstić information content (AvgIpc) is 2.79. The molecule has 1 N–H and O–H groups in total. The molecule has 0 atom stereocenters. The highest BCUT2D eigenvalue weighted by molar-refractivity contribution is 7.15. The summed E-state index contributed by atoms with van der Waals surface area (Å²) in [6, 6.07) is 9.47. The van der Waals surface area contributed by atoms with Gasteiger partial charge >= 0.3 is 0 Å². The highest BCUT2D eigenvalue weighted by Crippen LogP contribution is 2.30. The van der Waals surface area contributed by atoms with E-state index in [-0.39, 0.29) is 10.8 Å². The maximum absolute atomic E-state index is 13.4. The van der Waals surface area contributed by atoms with Gasteiger partial charge in [-0.05, 0) is 29.8 Å². The van der Waals surface area contributed by atoms with Crippen LogP contribution < -0.4 is 5.32 Å². The molecule has 0 fully saturated rings. The van der Waals surface area contributed by atoms with E-state index >= 15 is 0 Å². The van der Waals surface area contributed by atoms with Gasteiger partial charge in [0.25, 0.3) is 0 Å². The molecule has 1 aromatic heterocycles. The lowest BCUT2D eigenvalue weighted by atomic mass is 10.2. The molecular formula is C14H15ClFNS. The molecule has 0 saturated carbocycles. The Kier molecular flexibility index (Phi) is 4.38. The summed E-state index contributed by atoms with van der Waals surface area (Å²) < 4.78 is 13.4. The van der Waals surface area contributed by atoms with Crippen molar-refractivity contribution < 1.29 is 4.39 Å². The van der Waals surface area contributed by atoms with Crippen LogP contribution in [0.4, 0.5) is 4.39 Å². The Hall–Kier alpha value is -0.900. The van der Waals surface area contributed by atoms with Gasteiger partial charge in [-0.3, -0.25) is 0 Å². The van der Waals surface area contributed by atoms with E-state index in [2.05, 4.69) is 25.2 Å². The second-order valence-corrected chi connectivity index (χ2v) is 6.01. The molecule has 0 bridgehead atoms. The van der Waals surface area contributed by atoms with Gasteiger partial charge in [-0.2, -0.15) is 0 Å². The molecule has 0 aliphatic carbocycles. The van der Waals surface area contributed by atoms with Crippen LogP contribution >= 0.6 is 22.9 Å². The molecule has 0 amide bonds. The summed E-state index contributed by atoms with van der Waals surface area (Å²) in [7, 11) is 0. The second kappa shape index (κ2) is 5.83. The smallest absolute Gasteiger partial charge is 0.142 e. The number of hydrogen-bond acceptors (Lipinski definition) is 2.